The average molecular weight is 496 g/mol. The fourth-order valence-electron chi connectivity index (χ4n) is 5.21. The zero-order chi connectivity index (χ0) is 21.6. The van der Waals surface area contributed by atoms with Crippen LogP contribution in [0.25, 0.3) is 11.3 Å². The summed E-state index contributed by atoms with van der Waals surface area (Å²) >= 11 is 5.72. The van der Waals surface area contributed by atoms with Crippen molar-refractivity contribution in [1.29, 1.82) is 0 Å². The van der Waals surface area contributed by atoms with E-state index in [2.05, 4.69) is 38.5 Å². The van der Waals surface area contributed by atoms with Gasteiger partial charge in [-0.25, -0.2) is 13.4 Å². The molecule has 1 amide bonds. The summed E-state index contributed by atoms with van der Waals surface area (Å²) in [6.07, 6.45) is 5.64. The molecular formula is C21H25N3O3S4. The van der Waals surface area contributed by atoms with Crippen LogP contribution in [0.5, 0.6) is 0 Å². The van der Waals surface area contributed by atoms with Gasteiger partial charge in [0.1, 0.15) is 0 Å². The fourth-order valence-corrected chi connectivity index (χ4v) is 10.4. The summed E-state index contributed by atoms with van der Waals surface area (Å²) in [5.41, 5.74) is 2.16. The largest absolute Gasteiger partial charge is 0.302 e. The van der Waals surface area contributed by atoms with Crippen molar-refractivity contribution in [3.8, 4) is 11.3 Å². The van der Waals surface area contributed by atoms with E-state index >= 15 is 0 Å². The van der Waals surface area contributed by atoms with Crippen LogP contribution in [-0.4, -0.2) is 41.1 Å². The highest BCUT2D eigenvalue weighted by Gasteiger charge is 2.57. The van der Waals surface area contributed by atoms with E-state index in [0.29, 0.717) is 26.7 Å². The summed E-state index contributed by atoms with van der Waals surface area (Å²) in [6.45, 7) is 0. The van der Waals surface area contributed by atoms with Gasteiger partial charge in [-0.2, -0.15) is 0 Å². The predicted molar refractivity (Wildman–Crippen MR) is 131 cm³/mol. The maximum atomic E-state index is 13.0. The smallest absolute Gasteiger partial charge is 0.229 e. The number of nitrogens with one attached hydrogen (secondary N) is 2. The Kier molecular flexibility index (Phi) is 5.77. The first kappa shape index (κ1) is 21.6. The highest BCUT2D eigenvalue weighted by molar-refractivity contribution is 8.21. The van der Waals surface area contributed by atoms with Gasteiger partial charge in [-0.15, -0.1) is 34.9 Å². The van der Waals surface area contributed by atoms with E-state index in [1.54, 1.807) is 12.1 Å². The topological polar surface area (TPSA) is 88.2 Å². The molecule has 6 nitrogen and oxygen atoms in total. The Labute approximate surface area is 195 Å². The van der Waals surface area contributed by atoms with Gasteiger partial charge in [0.05, 0.1) is 16.0 Å². The Balaban J connectivity index is 1.23. The van der Waals surface area contributed by atoms with Crippen molar-refractivity contribution in [3.05, 3.63) is 29.6 Å². The molecule has 2 unspecified atom stereocenters. The Morgan fingerprint density at radius 2 is 1.74 bits per heavy atom. The van der Waals surface area contributed by atoms with E-state index < -0.39 is 10.0 Å². The fraction of sp³-hybridized carbons (Fsp3) is 0.524. The molecule has 2 aliphatic carbocycles. The van der Waals surface area contributed by atoms with Gasteiger partial charge in [-0.05, 0) is 49.7 Å². The van der Waals surface area contributed by atoms with Crippen LogP contribution in [0.3, 0.4) is 0 Å². The molecule has 1 aliphatic heterocycles. The summed E-state index contributed by atoms with van der Waals surface area (Å²) in [4.78, 5) is 17.6. The Bertz CT molecular complexity index is 1060. The van der Waals surface area contributed by atoms with E-state index in [1.165, 1.54) is 35.7 Å². The van der Waals surface area contributed by atoms with Crippen molar-refractivity contribution in [3.63, 3.8) is 0 Å². The molecule has 2 heterocycles. The van der Waals surface area contributed by atoms with Crippen molar-refractivity contribution in [1.82, 2.24) is 4.98 Å². The molecule has 2 N–H and O–H groups in total. The third-order valence-electron chi connectivity index (χ3n) is 6.47. The quantitative estimate of drug-likeness (QED) is 0.623. The number of sulfonamides is 1. The van der Waals surface area contributed by atoms with Crippen LogP contribution in [0, 0.1) is 17.8 Å². The first-order valence-corrected chi connectivity index (χ1v) is 15.2. The summed E-state index contributed by atoms with van der Waals surface area (Å²) < 4.78 is 25.5. The molecule has 2 aromatic rings. The number of carbonyl (C=O) groups excluding carboxylic acids is 1. The molecule has 2 atom stereocenters. The Morgan fingerprint density at radius 1 is 1.10 bits per heavy atom. The van der Waals surface area contributed by atoms with Gasteiger partial charge in [-0.1, -0.05) is 12.1 Å². The third kappa shape index (κ3) is 4.36. The van der Waals surface area contributed by atoms with Gasteiger partial charge >= 0.3 is 0 Å². The number of rotatable bonds is 5. The summed E-state index contributed by atoms with van der Waals surface area (Å²) in [5, 5.41) is 5.59. The van der Waals surface area contributed by atoms with Crippen LogP contribution in [0.15, 0.2) is 29.6 Å². The van der Waals surface area contributed by atoms with Gasteiger partial charge in [0.25, 0.3) is 0 Å². The van der Waals surface area contributed by atoms with Crippen molar-refractivity contribution in [2.75, 3.05) is 27.8 Å². The predicted octanol–water partition coefficient (Wildman–Crippen LogP) is 4.73. The lowest BCUT2D eigenvalue weighted by Gasteiger charge is -2.42. The Hall–Kier alpha value is -1.23. The molecule has 2 saturated carbocycles. The third-order valence-corrected chi connectivity index (χ3v) is 11.8. The summed E-state index contributed by atoms with van der Waals surface area (Å²) in [7, 11) is -3.30. The minimum atomic E-state index is -3.30. The maximum Gasteiger partial charge on any atom is 0.229 e. The van der Waals surface area contributed by atoms with Crippen LogP contribution in [0.4, 0.5) is 10.8 Å². The minimum Gasteiger partial charge on any atom is -0.302 e. The molecule has 10 heteroatoms. The van der Waals surface area contributed by atoms with Crippen LogP contribution in [0.1, 0.15) is 25.7 Å². The summed E-state index contributed by atoms with van der Waals surface area (Å²) in [5.74, 6) is 4.01. The van der Waals surface area contributed by atoms with Crippen LogP contribution >= 0.6 is 34.9 Å². The van der Waals surface area contributed by atoms with Crippen molar-refractivity contribution in [2.45, 2.75) is 29.8 Å². The lowest BCUT2D eigenvalue weighted by Crippen LogP contribution is -2.41. The molecule has 5 rings (SSSR count). The van der Waals surface area contributed by atoms with E-state index in [4.69, 9.17) is 0 Å². The number of nitrogens with zero attached hydrogens (tertiary/aromatic N) is 1. The van der Waals surface area contributed by atoms with Crippen molar-refractivity contribution >= 4 is 61.6 Å². The van der Waals surface area contributed by atoms with Gasteiger partial charge in [0, 0.05) is 34.1 Å². The molecule has 1 spiro atoms. The maximum absolute atomic E-state index is 13.0. The van der Waals surface area contributed by atoms with Crippen molar-refractivity contribution < 1.29 is 13.2 Å². The average Bonchev–Trinajstić information content (AvgIpc) is 3.41. The molecule has 1 aromatic heterocycles. The number of amides is 1. The summed E-state index contributed by atoms with van der Waals surface area (Å²) in [6, 6.07) is 7.06. The Morgan fingerprint density at radius 3 is 2.35 bits per heavy atom. The van der Waals surface area contributed by atoms with Crippen molar-refractivity contribution in [2.24, 2.45) is 17.8 Å². The number of thiazole rings is 1. The van der Waals surface area contributed by atoms with E-state index in [1.807, 2.05) is 17.5 Å². The van der Waals surface area contributed by atoms with Gasteiger partial charge in [0.15, 0.2) is 5.13 Å². The number of benzene rings is 1. The van der Waals surface area contributed by atoms with Crippen LogP contribution in [0.2, 0.25) is 0 Å². The zero-order valence-electron chi connectivity index (χ0n) is 17.2. The molecular weight excluding hydrogens is 471 g/mol. The second kappa shape index (κ2) is 8.28. The highest BCUT2D eigenvalue weighted by atomic mass is 32.2. The molecule has 3 aliphatic rings. The first-order valence-electron chi connectivity index (χ1n) is 10.4. The molecule has 3 fully saturated rings. The first-order chi connectivity index (χ1) is 14.8. The SMILES string of the molecule is CS(=O)(=O)Nc1ccc(-c2csc(NC(=O)C3CC4CCC(C3)C43SCCS3)n2)cc1. The molecule has 1 aromatic carbocycles. The van der Waals surface area contributed by atoms with E-state index in [-0.39, 0.29) is 11.8 Å². The van der Waals surface area contributed by atoms with E-state index in [0.717, 1.165) is 30.4 Å². The number of thioether (sulfide) groups is 2. The van der Waals surface area contributed by atoms with Crippen LogP contribution in [-0.2, 0) is 14.8 Å². The number of anilines is 2. The normalized spacial score (nSPS) is 26.8. The highest BCUT2D eigenvalue weighted by Crippen LogP contribution is 2.65. The number of carbonyl (C=O) groups is 1. The standard InChI is InChI=1S/C21H25N3O3S4/c1-31(26,27)24-17-6-2-13(3-7-17)18-12-28-20(22-18)23-19(25)14-10-15-4-5-16(11-14)21(15)29-8-9-30-21/h2-3,6-7,12,14-16,24H,4-5,8-11H2,1H3,(H,22,23,25). The lowest BCUT2D eigenvalue weighted by molar-refractivity contribution is -0.121. The monoisotopic (exact) mass is 495 g/mol. The molecule has 31 heavy (non-hydrogen) atoms. The second-order valence-electron chi connectivity index (χ2n) is 8.54. The molecule has 0 radical (unpaired) electrons. The lowest BCUT2D eigenvalue weighted by atomic mass is 9.79. The second-order valence-corrected chi connectivity index (χ2v) is 14.1. The molecule has 1 saturated heterocycles. The van der Waals surface area contributed by atoms with Crippen LogP contribution < -0.4 is 10.0 Å². The molecule has 2 bridgehead atoms. The van der Waals surface area contributed by atoms with E-state index in [9.17, 15) is 13.2 Å². The number of aromatic nitrogens is 1. The van der Waals surface area contributed by atoms with Gasteiger partial charge < -0.3 is 5.32 Å². The van der Waals surface area contributed by atoms with Gasteiger partial charge in [0.2, 0.25) is 15.9 Å². The minimum absolute atomic E-state index is 0.0821. The zero-order valence-corrected chi connectivity index (χ0v) is 20.4. The van der Waals surface area contributed by atoms with Gasteiger partial charge in [-0.3, -0.25) is 9.52 Å². The molecule has 166 valence electrons. The number of hydrogen-bond donors (Lipinski definition) is 2. The number of hydrogen-bond acceptors (Lipinski definition) is 7.